The zero-order valence-electron chi connectivity index (χ0n) is 28.8. The Morgan fingerprint density at radius 1 is 1.12 bits per heavy atom. The monoisotopic (exact) mass is 719 g/mol. The van der Waals surface area contributed by atoms with Crippen LogP contribution in [0.15, 0.2) is 66.2 Å². The summed E-state index contributed by atoms with van der Waals surface area (Å²) in [6.45, 7) is 4.98. The van der Waals surface area contributed by atoms with E-state index in [9.17, 15) is 13.6 Å². The Hall–Kier alpha value is -4.85. The van der Waals surface area contributed by atoms with Crippen LogP contribution in [0.4, 0.5) is 13.6 Å². The van der Waals surface area contributed by atoms with Crippen molar-refractivity contribution in [1.29, 1.82) is 0 Å². The molecule has 51 heavy (non-hydrogen) atoms. The molecule has 4 aromatic rings. The first kappa shape index (κ1) is 34.6. The van der Waals surface area contributed by atoms with Gasteiger partial charge < -0.3 is 15.8 Å². The van der Waals surface area contributed by atoms with Crippen molar-refractivity contribution >= 4 is 29.6 Å². The van der Waals surface area contributed by atoms with E-state index in [4.69, 9.17) is 27.1 Å². The van der Waals surface area contributed by atoms with Crippen molar-refractivity contribution in [2.45, 2.75) is 89.5 Å². The maximum Gasteiger partial charge on any atom is 0.407 e. The van der Waals surface area contributed by atoms with E-state index in [2.05, 4.69) is 20.5 Å². The quantitative estimate of drug-likeness (QED) is 0.170. The number of rotatable bonds is 11. The smallest absolute Gasteiger partial charge is 0.407 e. The Bertz CT molecular complexity index is 2000. The van der Waals surface area contributed by atoms with Crippen LogP contribution in [-0.4, -0.2) is 59.6 Å². The molecule has 268 valence electrons. The molecule has 3 N–H and O–H groups in total. The summed E-state index contributed by atoms with van der Waals surface area (Å²) in [5.74, 6) is 0.167. The number of amides is 2. The second-order valence-corrected chi connectivity index (χ2v) is 15.5. The summed E-state index contributed by atoms with van der Waals surface area (Å²) in [7, 11) is 0. The molecule has 15 heteroatoms. The van der Waals surface area contributed by atoms with Gasteiger partial charge >= 0.3 is 12.6 Å². The summed E-state index contributed by atoms with van der Waals surface area (Å²) in [5.41, 5.74) is 7.51. The zero-order chi connectivity index (χ0) is 36.3. The summed E-state index contributed by atoms with van der Waals surface area (Å²) in [4.78, 5) is 38.8. The molecule has 0 spiro atoms. The van der Waals surface area contributed by atoms with Gasteiger partial charge in [-0.3, -0.25) is 9.69 Å². The molecule has 7 rings (SSSR count). The molecular weight excluding hydrogens is 680 g/mol. The molecule has 3 heterocycles. The average Bonchev–Trinajstić information content (AvgIpc) is 3.89. The number of carbonyl (C=O) groups is 2. The van der Waals surface area contributed by atoms with Gasteiger partial charge in [-0.15, -0.1) is 0 Å². The molecule has 2 aliphatic carbocycles. The minimum atomic E-state index is -2.76. The molecule has 2 aromatic carbocycles. The fraction of sp³-hybridized carbons (Fsp3) is 0.444. The molecule has 2 amide bonds. The Kier molecular flexibility index (Phi) is 8.63. The predicted octanol–water partition coefficient (Wildman–Crippen LogP) is 7.00. The van der Waals surface area contributed by atoms with Crippen molar-refractivity contribution in [3.63, 3.8) is 0 Å². The molecule has 0 radical (unpaired) electrons. The van der Waals surface area contributed by atoms with Gasteiger partial charge in [0.1, 0.15) is 12.9 Å². The largest absolute Gasteiger partial charge is 0.447 e. The standard InChI is InChI=1S/C36H40ClF2N9O3/c1-34(2,3)19-36(24-8-5-21(6-9-24)23-16-42-46(17-23)31(38)39)30(49)47(32(40)44-36)28(18-51-33(50)45-35(4)13-14-35)22-7-12-27(37)26(15-22)29-41-20-43-48(29)25-10-11-25/h5-9,12,15-17,20,25,28,31H,10-11,13-14,18-19H2,1-4H3,(H2,40,44)(H,45,50)/t28-,36-/m1/s1. The second-order valence-electron chi connectivity index (χ2n) is 15.1. The maximum atomic E-state index is 15.0. The molecule has 2 saturated carbocycles. The number of ether oxygens (including phenoxy) is 1. The number of nitrogens with zero attached hydrogens (tertiary/aromatic N) is 7. The predicted molar refractivity (Wildman–Crippen MR) is 187 cm³/mol. The lowest BCUT2D eigenvalue weighted by Crippen LogP contribution is -2.48. The third-order valence-corrected chi connectivity index (χ3v) is 9.91. The lowest BCUT2D eigenvalue weighted by Gasteiger charge is -2.35. The van der Waals surface area contributed by atoms with E-state index in [0.29, 0.717) is 49.8 Å². The Morgan fingerprint density at radius 3 is 2.47 bits per heavy atom. The Morgan fingerprint density at radius 2 is 1.84 bits per heavy atom. The molecule has 0 unspecified atom stereocenters. The van der Waals surface area contributed by atoms with E-state index in [-0.39, 0.29) is 24.1 Å². The van der Waals surface area contributed by atoms with E-state index in [1.54, 1.807) is 36.4 Å². The highest BCUT2D eigenvalue weighted by molar-refractivity contribution is 6.33. The van der Waals surface area contributed by atoms with Crippen LogP contribution in [0.1, 0.15) is 89.6 Å². The summed E-state index contributed by atoms with van der Waals surface area (Å²) >= 11 is 6.74. The lowest BCUT2D eigenvalue weighted by molar-refractivity contribution is -0.135. The highest BCUT2D eigenvalue weighted by atomic mass is 35.5. The van der Waals surface area contributed by atoms with Gasteiger partial charge in [0.25, 0.3) is 5.91 Å². The average molecular weight is 720 g/mol. The maximum absolute atomic E-state index is 15.0. The fourth-order valence-corrected chi connectivity index (χ4v) is 6.83. The van der Waals surface area contributed by atoms with Gasteiger partial charge in [-0.2, -0.15) is 19.0 Å². The van der Waals surface area contributed by atoms with Crippen molar-refractivity contribution in [2.75, 3.05) is 6.61 Å². The number of alkyl carbamates (subject to hydrolysis) is 1. The lowest BCUT2D eigenvalue weighted by atomic mass is 9.75. The Labute approximate surface area is 299 Å². The highest BCUT2D eigenvalue weighted by Crippen LogP contribution is 2.46. The number of aliphatic imine (C=N–C) groups is 1. The van der Waals surface area contributed by atoms with Crippen LogP contribution >= 0.6 is 11.6 Å². The molecule has 2 aromatic heterocycles. The van der Waals surface area contributed by atoms with E-state index in [1.807, 2.05) is 38.4 Å². The number of nitrogens with one attached hydrogen (secondary N) is 1. The first-order valence-corrected chi connectivity index (χ1v) is 17.3. The van der Waals surface area contributed by atoms with E-state index < -0.39 is 35.5 Å². The summed E-state index contributed by atoms with van der Waals surface area (Å²) in [6, 6.07) is 11.7. The van der Waals surface area contributed by atoms with Crippen LogP contribution < -0.4 is 11.1 Å². The van der Waals surface area contributed by atoms with Gasteiger partial charge in [-0.25, -0.2) is 24.1 Å². The molecule has 12 nitrogen and oxygen atoms in total. The number of benzene rings is 2. The van der Waals surface area contributed by atoms with Gasteiger partial charge in [-0.05, 0) is 73.3 Å². The first-order valence-electron chi connectivity index (χ1n) is 16.9. The van der Waals surface area contributed by atoms with Gasteiger partial charge in [0.2, 0.25) is 0 Å². The van der Waals surface area contributed by atoms with Crippen molar-refractivity contribution < 1.29 is 23.1 Å². The van der Waals surface area contributed by atoms with Gasteiger partial charge in [0.15, 0.2) is 17.3 Å². The normalized spacial score (nSPS) is 20.4. The molecule has 0 bridgehead atoms. The van der Waals surface area contributed by atoms with E-state index >= 15 is 4.79 Å². The summed E-state index contributed by atoms with van der Waals surface area (Å²) in [6.07, 6.45) is 7.49. The van der Waals surface area contributed by atoms with Gasteiger partial charge in [0, 0.05) is 22.9 Å². The van der Waals surface area contributed by atoms with Crippen LogP contribution in [0.5, 0.6) is 0 Å². The molecular formula is C36H40ClF2N9O3. The van der Waals surface area contributed by atoms with Crippen LogP contribution in [0.3, 0.4) is 0 Å². The molecule has 3 aliphatic rings. The van der Waals surface area contributed by atoms with Crippen LogP contribution in [-0.2, 0) is 15.1 Å². The van der Waals surface area contributed by atoms with Crippen molar-refractivity contribution in [3.05, 3.63) is 77.3 Å². The summed E-state index contributed by atoms with van der Waals surface area (Å²) in [5, 5.41) is 11.5. The molecule has 2 fully saturated rings. The SMILES string of the molecule is CC(C)(C)C[C@]1(c2ccc(-c3cnn(C(F)F)c3)cc2)N=C(N)N([C@H](COC(=O)NC2(C)CC2)c2ccc(Cl)c(-c3ncnn3C3CC3)c2)C1=O. The number of carbonyl (C=O) groups excluding carboxylic acids is 2. The second kappa shape index (κ2) is 12.7. The molecule has 2 atom stereocenters. The zero-order valence-corrected chi connectivity index (χ0v) is 29.6. The number of hydrogen-bond acceptors (Lipinski definition) is 8. The molecule has 0 saturated heterocycles. The van der Waals surface area contributed by atoms with Crippen molar-refractivity contribution in [2.24, 2.45) is 16.1 Å². The van der Waals surface area contributed by atoms with Crippen LogP contribution in [0.25, 0.3) is 22.5 Å². The number of aromatic nitrogens is 5. The van der Waals surface area contributed by atoms with Gasteiger partial charge in [-0.1, -0.05) is 62.7 Å². The van der Waals surface area contributed by atoms with Crippen LogP contribution in [0, 0.1) is 5.41 Å². The van der Waals surface area contributed by atoms with Crippen LogP contribution in [0.2, 0.25) is 5.02 Å². The topological polar surface area (TPSA) is 146 Å². The number of guanidine groups is 1. The minimum Gasteiger partial charge on any atom is -0.447 e. The van der Waals surface area contributed by atoms with E-state index in [0.717, 1.165) is 25.7 Å². The molecule has 1 aliphatic heterocycles. The van der Waals surface area contributed by atoms with Crippen molar-refractivity contribution in [1.82, 2.24) is 34.8 Å². The third kappa shape index (κ3) is 6.93. The number of halogens is 3. The number of alkyl halides is 2. The summed E-state index contributed by atoms with van der Waals surface area (Å²) < 4.78 is 34.6. The first-order chi connectivity index (χ1) is 24.2. The Balaban J connectivity index is 1.27. The van der Waals surface area contributed by atoms with Crippen molar-refractivity contribution in [3.8, 4) is 22.5 Å². The van der Waals surface area contributed by atoms with Gasteiger partial charge in [0.05, 0.1) is 23.3 Å². The minimum absolute atomic E-state index is 0.0349. The fourth-order valence-electron chi connectivity index (χ4n) is 6.63. The third-order valence-electron chi connectivity index (χ3n) is 9.58. The van der Waals surface area contributed by atoms with E-state index in [1.165, 1.54) is 23.6 Å². The number of nitrogens with two attached hydrogens (primary N) is 1. The highest BCUT2D eigenvalue weighted by Gasteiger charge is 2.53. The number of hydrogen-bond donors (Lipinski definition) is 2.